The minimum Gasteiger partial charge on any atom is -0.406 e. The molecular weight excluding hydrogens is 918 g/mol. The molecule has 2 N–H and O–H groups in total. The predicted octanol–water partition coefficient (Wildman–Crippen LogP) is 5.70. The molecule has 2 aliphatic heterocycles. The molecule has 2 saturated heterocycles. The van der Waals surface area contributed by atoms with Gasteiger partial charge in [0.25, 0.3) is 11.5 Å². The molecule has 0 radical (unpaired) electrons. The van der Waals surface area contributed by atoms with E-state index in [0.29, 0.717) is 11.2 Å². The Morgan fingerprint density at radius 2 is 1.78 bits per heavy atom. The maximum Gasteiger partial charge on any atom is 0.327 e. The number of hydrogen-bond donors (Lipinski definition) is 2. The molecule has 336 valence electrons. The number of aryl methyl sites for hydroxylation is 1. The van der Waals surface area contributed by atoms with Gasteiger partial charge in [-0.05, 0) is 53.9 Å². The minimum atomic E-state index is -4.56. The van der Waals surface area contributed by atoms with Crippen molar-refractivity contribution in [1.29, 1.82) is 5.26 Å². The molecule has 6 heterocycles. The van der Waals surface area contributed by atoms with Crippen LogP contribution in [0, 0.1) is 11.3 Å². The monoisotopic (exact) mass is 962 g/mol. The van der Waals surface area contributed by atoms with E-state index in [0.717, 1.165) is 0 Å². The molecule has 3 fully saturated rings. The molecule has 0 spiro atoms. The predicted molar refractivity (Wildman–Crippen MR) is 234 cm³/mol. The van der Waals surface area contributed by atoms with Crippen LogP contribution in [-0.4, -0.2) is 101 Å². The third-order valence-electron chi connectivity index (χ3n) is 11.6. The lowest BCUT2D eigenvalue weighted by molar-refractivity contribution is -0.152. The smallest absolute Gasteiger partial charge is 0.327 e. The van der Waals surface area contributed by atoms with Crippen LogP contribution in [0.1, 0.15) is 62.7 Å². The van der Waals surface area contributed by atoms with Crippen LogP contribution in [0.2, 0.25) is 18.1 Å². The molecule has 4 aromatic heterocycles. The first-order chi connectivity index (χ1) is 29.7. The van der Waals surface area contributed by atoms with Crippen LogP contribution in [0.5, 0.6) is 0 Å². The number of anilines is 1. The molecule has 5 aromatic rings. The lowest BCUT2D eigenvalue weighted by atomic mass is 10.2. The zero-order chi connectivity index (χ0) is 45.1. The number of nitriles is 1. The average molecular weight is 963 g/mol. The SMILES string of the molecule is Cn1cnc2c(ncn2[C@@H]2C[C@@]3(F)OP(O)(=S)O[C@@H]4C[C@H](n5cnc6c(NC(=O)c7ccccc7)ncnc65)O[C@@H]4COP(=S)(OCCC#N)O[C@@H]2[C@H]3O[Si](C)(C)C(C)(C)C)c1=O. The summed E-state index contributed by atoms with van der Waals surface area (Å²) in [6.07, 6.45) is -1.34. The van der Waals surface area contributed by atoms with Crippen LogP contribution in [0.4, 0.5) is 10.2 Å². The van der Waals surface area contributed by atoms with Crippen LogP contribution in [-0.2, 0) is 62.4 Å². The standard InChI is InChI=1S/C37H45FN10O10P2S2Si/c1-36(2,3)63(5,6)57-30-29-23(47-20-43-28-33(47)44-19-46(4)35(28)50)16-37(30,38)58-59(51,61)55-24-15-26(54-25(24)17-53-60(62,56-29)52-14-10-13-39)48-21-42-27-31(40-18-41-32(27)48)45-34(49)22-11-8-7-9-12-22/h7-9,11-12,18-21,23-26,29-30H,10,14-17H2,1-6H3,(H,51,61)(H,40,41,45,49)/t23-,24-,25-,26-,29+,30-,37-,59?,60?/m1/s1. The number of carbonyl (C=O) groups excluding carboxylic acids is 1. The topological polar surface area (TPSA) is 234 Å². The van der Waals surface area contributed by atoms with Crippen molar-refractivity contribution in [3.63, 3.8) is 0 Å². The number of alkyl halides is 1. The molecule has 1 aromatic carbocycles. The summed E-state index contributed by atoms with van der Waals surface area (Å²) in [7, 11) is -1.42. The Kier molecular flexibility index (Phi) is 12.5. The number of amides is 1. The van der Waals surface area contributed by atoms with E-state index in [1.54, 1.807) is 34.9 Å². The lowest BCUT2D eigenvalue weighted by Gasteiger charge is -2.43. The number of ether oxygens (including phenoxy) is 1. The van der Waals surface area contributed by atoms with Crippen molar-refractivity contribution >= 4 is 79.4 Å². The second-order valence-corrected chi connectivity index (χ2v) is 27.3. The van der Waals surface area contributed by atoms with Gasteiger partial charge >= 0.3 is 13.4 Å². The fourth-order valence-electron chi connectivity index (χ4n) is 7.38. The van der Waals surface area contributed by atoms with Crippen LogP contribution in [0.25, 0.3) is 22.3 Å². The maximum absolute atomic E-state index is 18.4. The van der Waals surface area contributed by atoms with E-state index in [1.165, 1.54) is 41.5 Å². The zero-order valence-corrected chi connectivity index (χ0v) is 39.4. The summed E-state index contributed by atoms with van der Waals surface area (Å²) in [5.41, 5.74) is 0.651. The largest absolute Gasteiger partial charge is 0.406 e. The summed E-state index contributed by atoms with van der Waals surface area (Å²) in [6.45, 7) is 0.616. The summed E-state index contributed by atoms with van der Waals surface area (Å²) in [4.78, 5) is 59.9. The van der Waals surface area contributed by atoms with Gasteiger partial charge in [0.05, 0.1) is 56.8 Å². The fraction of sp³-hybridized carbons (Fsp3) is 0.514. The van der Waals surface area contributed by atoms with Crippen molar-refractivity contribution in [1.82, 2.24) is 38.6 Å². The number of halogens is 1. The molecule has 9 atom stereocenters. The van der Waals surface area contributed by atoms with Gasteiger partial charge in [-0.15, -0.1) is 0 Å². The molecule has 1 amide bonds. The van der Waals surface area contributed by atoms with Crippen molar-refractivity contribution in [2.24, 2.45) is 7.05 Å². The Labute approximate surface area is 371 Å². The first-order valence-electron chi connectivity index (χ1n) is 19.8. The summed E-state index contributed by atoms with van der Waals surface area (Å²) < 4.78 is 67.3. The number of hydrogen-bond acceptors (Lipinski definition) is 17. The van der Waals surface area contributed by atoms with Gasteiger partial charge in [-0.1, -0.05) is 39.0 Å². The van der Waals surface area contributed by atoms with Gasteiger partial charge in [0, 0.05) is 25.5 Å². The van der Waals surface area contributed by atoms with Crippen molar-refractivity contribution in [3.8, 4) is 6.07 Å². The molecule has 2 unspecified atom stereocenters. The van der Waals surface area contributed by atoms with Crippen molar-refractivity contribution in [2.45, 2.75) is 101 Å². The number of nitrogens with zero attached hydrogens (tertiary/aromatic N) is 9. The highest BCUT2D eigenvalue weighted by atomic mass is 32.5. The quantitative estimate of drug-likeness (QED) is 0.102. The van der Waals surface area contributed by atoms with Crippen LogP contribution in [0.15, 0.2) is 60.4 Å². The Hall–Kier alpha value is -3.79. The van der Waals surface area contributed by atoms with Gasteiger partial charge in [0.15, 0.2) is 36.5 Å². The van der Waals surface area contributed by atoms with Gasteiger partial charge in [-0.2, -0.15) is 5.26 Å². The molecule has 26 heteroatoms. The molecule has 20 nitrogen and oxygen atoms in total. The second-order valence-electron chi connectivity index (χ2n) is 16.8. The van der Waals surface area contributed by atoms with Crippen molar-refractivity contribution < 1.29 is 45.9 Å². The van der Waals surface area contributed by atoms with E-state index >= 15 is 4.39 Å². The number of carbonyl (C=O) groups is 1. The normalized spacial score (nSPS) is 30.4. The number of nitrogens with one attached hydrogen (secondary N) is 1. The van der Waals surface area contributed by atoms with E-state index in [-0.39, 0.29) is 48.6 Å². The Morgan fingerprint density at radius 1 is 1.06 bits per heavy atom. The first kappa shape index (κ1) is 45.8. The van der Waals surface area contributed by atoms with Gasteiger partial charge in [0.1, 0.15) is 30.9 Å². The summed E-state index contributed by atoms with van der Waals surface area (Å²) >= 11 is 11.6. The second kappa shape index (κ2) is 17.2. The molecule has 1 saturated carbocycles. The highest BCUT2D eigenvalue weighted by Crippen LogP contribution is 2.63. The maximum atomic E-state index is 18.4. The molecular formula is C37H45FN10O10P2S2Si. The van der Waals surface area contributed by atoms with E-state index < -0.39 is 87.2 Å². The average Bonchev–Trinajstić information content (AvgIpc) is 4.00. The lowest BCUT2D eigenvalue weighted by Crippen LogP contribution is -2.53. The summed E-state index contributed by atoms with van der Waals surface area (Å²) in [5.74, 6) is -3.16. The summed E-state index contributed by atoms with van der Waals surface area (Å²) in [5, 5.41) is 11.7. The molecule has 2 bridgehead atoms. The third-order valence-corrected chi connectivity index (χ3v) is 19.9. The highest BCUT2D eigenvalue weighted by Gasteiger charge is 2.64. The Balaban J connectivity index is 1.17. The highest BCUT2D eigenvalue weighted by molar-refractivity contribution is 8.07. The number of imidazole rings is 2. The van der Waals surface area contributed by atoms with Crippen LogP contribution in [0.3, 0.4) is 0 Å². The van der Waals surface area contributed by atoms with E-state index in [9.17, 15) is 19.7 Å². The van der Waals surface area contributed by atoms with Gasteiger partial charge in [-0.25, -0.2) is 29.3 Å². The fourth-order valence-corrected chi connectivity index (χ4v) is 12.6. The molecule has 63 heavy (non-hydrogen) atoms. The van der Waals surface area contributed by atoms with Gasteiger partial charge in [0.2, 0.25) is 5.85 Å². The zero-order valence-electron chi connectivity index (χ0n) is 34.9. The van der Waals surface area contributed by atoms with E-state index in [2.05, 4.69) is 30.2 Å². The Morgan fingerprint density at radius 3 is 2.51 bits per heavy atom. The first-order valence-corrected chi connectivity index (χ1v) is 27.9. The number of aromatic nitrogens is 8. The molecule has 3 aliphatic rings. The molecule has 1 aliphatic carbocycles. The number of benzene rings is 1. The third kappa shape index (κ3) is 9.09. The van der Waals surface area contributed by atoms with E-state index in [1.807, 2.05) is 39.9 Å². The minimum absolute atomic E-state index is 0.00733. The van der Waals surface area contributed by atoms with Crippen molar-refractivity contribution in [2.75, 3.05) is 18.5 Å². The van der Waals surface area contributed by atoms with Gasteiger partial charge in [-0.3, -0.25) is 18.7 Å². The number of fused-ring (bicyclic) bond motifs is 5. The number of rotatable bonds is 9. The van der Waals surface area contributed by atoms with Gasteiger partial charge < -0.3 is 46.6 Å². The summed E-state index contributed by atoms with van der Waals surface area (Å²) in [6, 6.07) is 9.50. The van der Waals surface area contributed by atoms with Crippen LogP contribution < -0.4 is 10.9 Å². The van der Waals surface area contributed by atoms with Crippen LogP contribution >= 0.6 is 13.4 Å². The molecule has 8 rings (SSSR count). The van der Waals surface area contributed by atoms with Crippen molar-refractivity contribution in [3.05, 3.63) is 71.6 Å². The van der Waals surface area contributed by atoms with E-state index in [4.69, 9.17) is 55.4 Å². The Bertz CT molecular complexity index is 2750.